The highest BCUT2D eigenvalue weighted by molar-refractivity contribution is 5.68. The second-order valence-corrected chi connectivity index (χ2v) is 6.78. The van der Waals surface area contributed by atoms with Crippen LogP contribution >= 0.6 is 0 Å². The molecule has 0 radical (unpaired) electrons. The highest BCUT2D eigenvalue weighted by Crippen LogP contribution is 2.15. The molecule has 1 saturated heterocycles. The van der Waals surface area contributed by atoms with E-state index in [2.05, 4.69) is 36.5 Å². The molecular formula is C17H26N2O2. The van der Waals surface area contributed by atoms with Crippen LogP contribution in [0.15, 0.2) is 24.3 Å². The zero-order valence-electron chi connectivity index (χ0n) is 13.5. The van der Waals surface area contributed by atoms with E-state index in [4.69, 9.17) is 4.74 Å². The Morgan fingerprint density at radius 1 is 1.33 bits per heavy atom. The number of hydrogen-bond acceptors (Lipinski definition) is 3. The summed E-state index contributed by atoms with van der Waals surface area (Å²) in [6, 6.07) is 8.88. The van der Waals surface area contributed by atoms with Gasteiger partial charge in [-0.3, -0.25) is 0 Å². The lowest BCUT2D eigenvalue weighted by molar-refractivity contribution is 0.0291. The lowest BCUT2D eigenvalue weighted by Crippen LogP contribution is -2.38. The maximum absolute atomic E-state index is 12.0. The average molecular weight is 290 g/mol. The molecule has 2 rings (SSSR count). The van der Waals surface area contributed by atoms with Crippen molar-refractivity contribution < 1.29 is 9.53 Å². The zero-order chi connectivity index (χ0) is 15.5. The highest BCUT2D eigenvalue weighted by atomic mass is 16.6. The third-order valence-corrected chi connectivity index (χ3v) is 3.56. The minimum atomic E-state index is -0.426. The Kier molecular flexibility index (Phi) is 4.88. The first-order chi connectivity index (χ1) is 9.83. The van der Waals surface area contributed by atoms with Gasteiger partial charge in [-0.1, -0.05) is 29.8 Å². The van der Waals surface area contributed by atoms with Crippen molar-refractivity contribution in [1.82, 2.24) is 10.2 Å². The number of likely N-dealkylation sites (tertiary alicyclic amines) is 1. The van der Waals surface area contributed by atoms with Crippen molar-refractivity contribution in [1.29, 1.82) is 0 Å². The number of nitrogens with one attached hydrogen (secondary N) is 1. The average Bonchev–Trinajstić information content (AvgIpc) is 2.85. The van der Waals surface area contributed by atoms with E-state index in [1.165, 1.54) is 11.1 Å². The fourth-order valence-electron chi connectivity index (χ4n) is 2.39. The van der Waals surface area contributed by atoms with Crippen LogP contribution in [0.1, 0.15) is 38.3 Å². The number of amides is 1. The lowest BCUT2D eigenvalue weighted by atomic mass is 10.1. The normalized spacial score (nSPS) is 18.9. The number of benzene rings is 1. The Hall–Kier alpha value is -1.55. The first-order valence-corrected chi connectivity index (χ1v) is 7.60. The lowest BCUT2D eigenvalue weighted by Gasteiger charge is -2.24. The molecule has 21 heavy (non-hydrogen) atoms. The molecule has 0 spiro atoms. The number of carbonyl (C=O) groups excluding carboxylic acids is 1. The van der Waals surface area contributed by atoms with E-state index in [1.54, 1.807) is 4.90 Å². The first kappa shape index (κ1) is 15.8. The number of ether oxygens (including phenoxy) is 1. The van der Waals surface area contributed by atoms with Gasteiger partial charge in [0, 0.05) is 25.7 Å². The van der Waals surface area contributed by atoms with Crippen LogP contribution in [0.4, 0.5) is 4.79 Å². The minimum absolute atomic E-state index is 0.206. The topological polar surface area (TPSA) is 41.6 Å². The SMILES string of the molecule is Cc1ccc(CNC2CCN(C(=O)OC(C)(C)C)C2)cc1. The standard InChI is InChI=1S/C17H26N2O2/c1-13-5-7-14(8-6-13)11-18-15-9-10-19(12-15)16(20)21-17(2,3)4/h5-8,15,18H,9-12H2,1-4H3. The molecule has 1 aromatic rings. The van der Waals surface area contributed by atoms with Crippen molar-refractivity contribution in [3.05, 3.63) is 35.4 Å². The molecule has 1 aromatic carbocycles. The number of nitrogens with zero attached hydrogens (tertiary/aromatic N) is 1. The van der Waals surface area contributed by atoms with Gasteiger partial charge in [-0.05, 0) is 39.7 Å². The fourth-order valence-corrected chi connectivity index (χ4v) is 2.39. The number of aryl methyl sites for hydroxylation is 1. The van der Waals surface area contributed by atoms with Crippen molar-refractivity contribution in [2.24, 2.45) is 0 Å². The van der Waals surface area contributed by atoms with E-state index in [0.29, 0.717) is 6.04 Å². The molecule has 1 amide bonds. The summed E-state index contributed by atoms with van der Waals surface area (Å²) in [5.41, 5.74) is 2.12. The summed E-state index contributed by atoms with van der Waals surface area (Å²) < 4.78 is 5.41. The smallest absolute Gasteiger partial charge is 0.410 e. The Labute approximate surface area is 127 Å². The van der Waals surface area contributed by atoms with Crippen molar-refractivity contribution >= 4 is 6.09 Å². The molecule has 116 valence electrons. The van der Waals surface area contributed by atoms with E-state index >= 15 is 0 Å². The van der Waals surface area contributed by atoms with Crippen LogP contribution < -0.4 is 5.32 Å². The number of carbonyl (C=O) groups is 1. The largest absolute Gasteiger partial charge is 0.444 e. The van der Waals surface area contributed by atoms with E-state index in [-0.39, 0.29) is 6.09 Å². The Morgan fingerprint density at radius 3 is 2.62 bits per heavy atom. The Bertz CT molecular complexity index is 477. The molecule has 1 aliphatic rings. The second kappa shape index (κ2) is 6.48. The van der Waals surface area contributed by atoms with Crippen LogP contribution in [0.5, 0.6) is 0 Å². The van der Waals surface area contributed by atoms with Gasteiger partial charge in [0.25, 0.3) is 0 Å². The summed E-state index contributed by atoms with van der Waals surface area (Å²) in [6.45, 7) is 10.1. The predicted molar refractivity (Wildman–Crippen MR) is 84.2 cm³/mol. The molecular weight excluding hydrogens is 264 g/mol. The molecule has 1 aliphatic heterocycles. The molecule has 1 N–H and O–H groups in total. The molecule has 1 unspecified atom stereocenters. The monoisotopic (exact) mass is 290 g/mol. The third kappa shape index (κ3) is 5.05. The number of hydrogen-bond donors (Lipinski definition) is 1. The van der Waals surface area contributed by atoms with Crippen molar-refractivity contribution in [3.8, 4) is 0 Å². The van der Waals surface area contributed by atoms with Crippen LogP contribution in [-0.4, -0.2) is 35.7 Å². The highest BCUT2D eigenvalue weighted by Gasteiger charge is 2.29. The van der Waals surface area contributed by atoms with Gasteiger partial charge in [-0.2, -0.15) is 0 Å². The van der Waals surface area contributed by atoms with Gasteiger partial charge in [0.15, 0.2) is 0 Å². The van der Waals surface area contributed by atoms with Gasteiger partial charge in [-0.15, -0.1) is 0 Å². The van der Waals surface area contributed by atoms with E-state index in [0.717, 1.165) is 26.1 Å². The van der Waals surface area contributed by atoms with E-state index < -0.39 is 5.60 Å². The molecule has 0 bridgehead atoms. The molecule has 0 aliphatic carbocycles. The Morgan fingerprint density at radius 2 is 2.00 bits per heavy atom. The van der Waals surface area contributed by atoms with Gasteiger partial charge in [0.2, 0.25) is 0 Å². The molecule has 1 atom stereocenters. The molecule has 0 saturated carbocycles. The van der Waals surface area contributed by atoms with Gasteiger partial charge in [0.05, 0.1) is 0 Å². The second-order valence-electron chi connectivity index (χ2n) is 6.78. The quantitative estimate of drug-likeness (QED) is 0.930. The van der Waals surface area contributed by atoms with Gasteiger partial charge >= 0.3 is 6.09 Å². The van der Waals surface area contributed by atoms with E-state index in [9.17, 15) is 4.79 Å². The summed E-state index contributed by atoms with van der Waals surface area (Å²) in [5, 5.41) is 3.52. The predicted octanol–water partition coefficient (Wildman–Crippen LogP) is 3.09. The summed E-state index contributed by atoms with van der Waals surface area (Å²) in [7, 11) is 0. The van der Waals surface area contributed by atoms with Crippen LogP contribution in [0.2, 0.25) is 0 Å². The molecule has 0 aromatic heterocycles. The van der Waals surface area contributed by atoms with Crippen molar-refractivity contribution in [2.45, 2.75) is 52.3 Å². The van der Waals surface area contributed by atoms with Crippen molar-refractivity contribution in [2.75, 3.05) is 13.1 Å². The summed E-state index contributed by atoms with van der Waals surface area (Å²) in [5.74, 6) is 0. The van der Waals surface area contributed by atoms with Crippen LogP contribution in [-0.2, 0) is 11.3 Å². The fraction of sp³-hybridized carbons (Fsp3) is 0.588. The van der Waals surface area contributed by atoms with Crippen LogP contribution in [0, 0.1) is 6.92 Å². The Balaban J connectivity index is 1.77. The summed E-state index contributed by atoms with van der Waals surface area (Å²) in [4.78, 5) is 13.8. The number of rotatable bonds is 3. The van der Waals surface area contributed by atoms with Crippen molar-refractivity contribution in [3.63, 3.8) is 0 Å². The van der Waals surface area contributed by atoms with Gasteiger partial charge < -0.3 is 15.0 Å². The zero-order valence-corrected chi connectivity index (χ0v) is 13.5. The first-order valence-electron chi connectivity index (χ1n) is 7.60. The molecule has 4 heteroatoms. The van der Waals surface area contributed by atoms with Crippen LogP contribution in [0.3, 0.4) is 0 Å². The maximum atomic E-state index is 12.0. The third-order valence-electron chi connectivity index (χ3n) is 3.56. The maximum Gasteiger partial charge on any atom is 0.410 e. The molecule has 4 nitrogen and oxygen atoms in total. The summed E-state index contributed by atoms with van der Waals surface area (Å²) >= 11 is 0. The minimum Gasteiger partial charge on any atom is -0.444 e. The van der Waals surface area contributed by atoms with Gasteiger partial charge in [0.1, 0.15) is 5.60 Å². The van der Waals surface area contributed by atoms with E-state index in [1.807, 2.05) is 20.8 Å². The summed E-state index contributed by atoms with van der Waals surface area (Å²) in [6.07, 6.45) is 0.771. The molecule has 1 fully saturated rings. The van der Waals surface area contributed by atoms with Crippen LogP contribution in [0.25, 0.3) is 0 Å². The molecule has 1 heterocycles. The van der Waals surface area contributed by atoms with Gasteiger partial charge in [-0.25, -0.2) is 4.79 Å².